The Kier molecular flexibility index (Phi) is 10.6. The lowest BCUT2D eigenvalue weighted by Gasteiger charge is -2.06. The zero-order chi connectivity index (χ0) is 32.3. The molecule has 0 saturated heterocycles. The predicted octanol–water partition coefficient (Wildman–Crippen LogP) is 8.52. The maximum atomic E-state index is 12.6. The molecule has 6 aromatic rings. The zero-order valence-electron chi connectivity index (χ0n) is 25.8. The zero-order valence-corrected chi connectivity index (χ0v) is 26.6. The maximum absolute atomic E-state index is 12.6. The number of hydrogen-bond acceptors (Lipinski definition) is 8. The van der Waals surface area contributed by atoms with Crippen molar-refractivity contribution in [2.24, 2.45) is 0 Å². The molecule has 0 saturated carbocycles. The molecule has 8 nitrogen and oxygen atoms in total. The van der Waals surface area contributed by atoms with Gasteiger partial charge in [0.05, 0.1) is 17.1 Å². The molecule has 6 rings (SSSR count). The van der Waals surface area contributed by atoms with Crippen molar-refractivity contribution >= 4 is 35.6 Å². The molecule has 0 bridgehead atoms. The number of aryl methyl sites for hydroxylation is 2. The molecule has 3 aromatic carbocycles. The molecule has 0 aliphatic rings. The van der Waals surface area contributed by atoms with E-state index in [-0.39, 0.29) is 17.3 Å². The fourth-order valence-electron chi connectivity index (χ4n) is 5.01. The minimum Gasteiger partial charge on any atom is -0.494 e. The van der Waals surface area contributed by atoms with Crippen LogP contribution in [-0.2, 0) is 26.0 Å². The Hall–Kier alpha value is -5.41. The third-order valence-electron chi connectivity index (χ3n) is 7.51. The average molecular weight is 646 g/mol. The van der Waals surface area contributed by atoms with Crippen molar-refractivity contribution in [2.45, 2.75) is 45.3 Å². The van der Waals surface area contributed by atoms with Crippen LogP contribution in [0.2, 0.25) is 0 Å². The molecular formula is C38H35N3O5S. The molecule has 3 aromatic heterocycles. The molecule has 0 aliphatic heterocycles. The van der Waals surface area contributed by atoms with Gasteiger partial charge in [0.2, 0.25) is 17.7 Å². The van der Waals surface area contributed by atoms with Gasteiger partial charge in [-0.05, 0) is 66.7 Å². The van der Waals surface area contributed by atoms with Gasteiger partial charge in [0.25, 0.3) is 0 Å². The van der Waals surface area contributed by atoms with Gasteiger partial charge in [-0.3, -0.25) is 9.36 Å². The van der Waals surface area contributed by atoms with Gasteiger partial charge in [-0.1, -0.05) is 90.6 Å². The summed E-state index contributed by atoms with van der Waals surface area (Å²) in [6.07, 6.45) is 15.1. The number of benzene rings is 3. The number of aromatic hydroxyl groups is 1. The molecule has 47 heavy (non-hydrogen) atoms. The first kappa shape index (κ1) is 31.6. The summed E-state index contributed by atoms with van der Waals surface area (Å²) in [4.78, 5) is 22.0. The summed E-state index contributed by atoms with van der Waals surface area (Å²) in [7, 11) is 0. The Balaban J connectivity index is 0.907. The third kappa shape index (κ3) is 9.08. The molecule has 1 N–H and O–H groups in total. The van der Waals surface area contributed by atoms with Crippen LogP contribution in [0.5, 0.6) is 11.6 Å². The van der Waals surface area contributed by atoms with Crippen LogP contribution in [0.1, 0.15) is 64.0 Å². The number of aromatic nitrogens is 3. The van der Waals surface area contributed by atoms with Crippen molar-refractivity contribution in [2.75, 3.05) is 0 Å². The molecule has 3 heterocycles. The van der Waals surface area contributed by atoms with Crippen LogP contribution in [0.25, 0.3) is 24.3 Å². The SMILES string of the molecule is O=c1sc(CCCCCc2ccc(OCc3coc(C=Cc4ccccc4)n3)cc2)c(O)n1Cc1coc(C=Cc2ccccc2)n1. The smallest absolute Gasteiger partial charge is 0.310 e. The summed E-state index contributed by atoms with van der Waals surface area (Å²) < 4.78 is 18.3. The monoisotopic (exact) mass is 645 g/mol. The normalized spacial score (nSPS) is 11.6. The Morgan fingerprint density at radius 3 is 1.98 bits per heavy atom. The number of oxazole rings is 2. The van der Waals surface area contributed by atoms with Crippen LogP contribution in [0.15, 0.2) is 111 Å². The molecule has 0 spiro atoms. The van der Waals surface area contributed by atoms with Crippen molar-refractivity contribution in [3.05, 3.63) is 152 Å². The van der Waals surface area contributed by atoms with Crippen molar-refractivity contribution in [3.63, 3.8) is 0 Å². The summed E-state index contributed by atoms with van der Waals surface area (Å²) in [6, 6.07) is 28.0. The van der Waals surface area contributed by atoms with E-state index in [1.54, 1.807) is 12.3 Å². The topological polar surface area (TPSA) is 104 Å². The average Bonchev–Trinajstić information content (AvgIpc) is 3.83. The Bertz CT molecular complexity index is 1970. The van der Waals surface area contributed by atoms with E-state index in [4.69, 9.17) is 13.6 Å². The molecule has 0 radical (unpaired) electrons. The van der Waals surface area contributed by atoms with Crippen molar-refractivity contribution in [1.82, 2.24) is 14.5 Å². The second kappa shape index (κ2) is 15.7. The molecule has 0 unspecified atom stereocenters. The Morgan fingerprint density at radius 1 is 0.723 bits per heavy atom. The number of nitrogens with zero attached hydrogens (tertiary/aromatic N) is 3. The lowest BCUT2D eigenvalue weighted by Crippen LogP contribution is -2.13. The highest BCUT2D eigenvalue weighted by Gasteiger charge is 2.15. The standard InChI is InChI=1S/C38H35N3O5S/c42-37-34(47-38(43)41(37)24-31-25-45-35(39-31)22-18-28-10-4-1-5-11-28)15-9-3-8-14-30-16-20-33(21-17-30)44-26-32-27-46-36(40-32)23-19-29-12-6-2-7-13-29/h1-2,4-7,10-13,16-23,25,27,42H,3,8-9,14-15,24,26H2. The van der Waals surface area contributed by atoms with E-state index in [9.17, 15) is 9.90 Å². The second-order valence-corrected chi connectivity index (χ2v) is 12.1. The molecule has 0 aliphatic carbocycles. The first-order valence-corrected chi connectivity index (χ1v) is 16.4. The number of unbranched alkanes of at least 4 members (excludes halogenated alkanes) is 2. The fraction of sp³-hybridized carbons (Fsp3) is 0.184. The van der Waals surface area contributed by atoms with E-state index < -0.39 is 0 Å². The van der Waals surface area contributed by atoms with Crippen molar-refractivity contribution in [3.8, 4) is 11.6 Å². The first-order valence-electron chi connectivity index (χ1n) is 15.6. The van der Waals surface area contributed by atoms with Crippen LogP contribution in [0, 0.1) is 0 Å². The fourth-order valence-corrected chi connectivity index (χ4v) is 5.93. The van der Waals surface area contributed by atoms with Gasteiger partial charge in [-0.2, -0.15) is 0 Å². The van der Waals surface area contributed by atoms with Gasteiger partial charge in [0.1, 0.15) is 30.6 Å². The van der Waals surface area contributed by atoms with Crippen LogP contribution in [-0.4, -0.2) is 19.6 Å². The number of rotatable bonds is 15. The van der Waals surface area contributed by atoms with E-state index >= 15 is 0 Å². The molecule has 0 atom stereocenters. The first-order chi connectivity index (χ1) is 23.1. The minimum atomic E-state index is -0.201. The van der Waals surface area contributed by atoms with Gasteiger partial charge >= 0.3 is 4.87 Å². The largest absolute Gasteiger partial charge is 0.494 e. The summed E-state index contributed by atoms with van der Waals surface area (Å²) in [5, 5.41) is 10.8. The van der Waals surface area contributed by atoms with Gasteiger partial charge in [-0.25, -0.2) is 9.97 Å². The molecule has 0 fully saturated rings. The second-order valence-electron chi connectivity index (χ2n) is 11.0. The van der Waals surface area contributed by atoms with Crippen LogP contribution in [0.3, 0.4) is 0 Å². The number of hydrogen-bond donors (Lipinski definition) is 1. The highest BCUT2D eigenvalue weighted by atomic mass is 32.1. The summed E-state index contributed by atoms with van der Waals surface area (Å²) >= 11 is 1.09. The predicted molar refractivity (Wildman–Crippen MR) is 185 cm³/mol. The van der Waals surface area contributed by atoms with Crippen molar-refractivity contribution in [1.29, 1.82) is 0 Å². The maximum Gasteiger partial charge on any atom is 0.310 e. The van der Waals surface area contributed by atoms with Crippen molar-refractivity contribution < 1.29 is 18.7 Å². The lowest BCUT2D eigenvalue weighted by molar-refractivity contribution is 0.301. The van der Waals surface area contributed by atoms with E-state index in [1.807, 2.05) is 91.0 Å². The van der Waals surface area contributed by atoms with Gasteiger partial charge < -0.3 is 18.7 Å². The third-order valence-corrected chi connectivity index (χ3v) is 8.54. The van der Waals surface area contributed by atoms with E-state index in [0.717, 1.165) is 59.6 Å². The van der Waals surface area contributed by atoms with Gasteiger partial charge in [0.15, 0.2) is 0 Å². The van der Waals surface area contributed by atoms with Crippen LogP contribution < -0.4 is 9.61 Å². The van der Waals surface area contributed by atoms with E-state index in [0.29, 0.717) is 35.4 Å². The highest BCUT2D eigenvalue weighted by molar-refractivity contribution is 7.09. The molecule has 238 valence electrons. The van der Waals surface area contributed by atoms with Gasteiger partial charge in [0, 0.05) is 12.2 Å². The summed E-state index contributed by atoms with van der Waals surface area (Å²) in [5.74, 6) is 1.78. The lowest BCUT2D eigenvalue weighted by atomic mass is 10.1. The van der Waals surface area contributed by atoms with Crippen LogP contribution in [0.4, 0.5) is 0 Å². The van der Waals surface area contributed by atoms with E-state index in [2.05, 4.69) is 22.1 Å². The van der Waals surface area contributed by atoms with Gasteiger partial charge in [-0.15, -0.1) is 0 Å². The number of ether oxygens (including phenoxy) is 1. The quantitative estimate of drug-likeness (QED) is 0.112. The summed E-state index contributed by atoms with van der Waals surface area (Å²) in [6.45, 7) is 0.490. The van der Waals surface area contributed by atoms with Crippen LogP contribution >= 0.6 is 11.3 Å². The highest BCUT2D eigenvalue weighted by Crippen LogP contribution is 2.24. The molecule has 0 amide bonds. The van der Waals surface area contributed by atoms with E-state index in [1.165, 1.54) is 16.4 Å². The Morgan fingerprint density at radius 2 is 1.32 bits per heavy atom. The minimum absolute atomic E-state index is 0.0189. The summed E-state index contributed by atoms with van der Waals surface area (Å²) in [5.41, 5.74) is 4.66. The number of thiazole rings is 1. The molecule has 9 heteroatoms. The molecular weight excluding hydrogens is 611 g/mol. The Labute approximate surface area is 277 Å².